The van der Waals surface area contributed by atoms with Gasteiger partial charge in [-0.3, -0.25) is 0 Å². The molecule has 0 radical (unpaired) electrons. The molecule has 0 aromatic carbocycles. The standard InChI is InChI=1S/C8H9O.C3H5.Ru/c1-2-7-4-3-5-8(7)6-9;1-3-2;/h3-4H,2,5H2,1H3;3H,1-2H2;/q2*-1;+2. The first-order valence-corrected chi connectivity index (χ1v) is 3.97. The molecule has 0 unspecified atom stereocenters. The van der Waals surface area contributed by atoms with Crippen molar-refractivity contribution in [2.45, 2.75) is 19.8 Å². The minimum absolute atomic E-state index is 0. The molecule has 0 aromatic rings. The summed E-state index contributed by atoms with van der Waals surface area (Å²) < 4.78 is 0. The van der Waals surface area contributed by atoms with Gasteiger partial charge in [0.15, 0.2) is 0 Å². The molecule has 1 nitrogen and oxygen atoms in total. The van der Waals surface area contributed by atoms with Gasteiger partial charge in [0.05, 0.1) is 0 Å². The summed E-state index contributed by atoms with van der Waals surface area (Å²) in [5.41, 5.74) is 1.97. The average Bonchev–Trinajstić information content (AvgIpc) is 2.52. The van der Waals surface area contributed by atoms with Crippen molar-refractivity contribution < 1.29 is 24.3 Å². The SMILES string of the molecule is C=C[CH2-].CCC1=C([C-]=O)CC=C1.[Ru+2]. The van der Waals surface area contributed by atoms with E-state index in [2.05, 4.69) is 13.5 Å². The average molecular weight is 263 g/mol. The minimum atomic E-state index is 0. The normalized spacial score (nSPS) is 12.7. The third kappa shape index (κ3) is 5.60. The number of allylic oxidation sites excluding steroid dienone is 5. The van der Waals surface area contributed by atoms with Gasteiger partial charge in [0.25, 0.3) is 0 Å². The first kappa shape index (κ1) is 14.9. The van der Waals surface area contributed by atoms with Crippen molar-refractivity contribution in [3.63, 3.8) is 0 Å². The summed E-state index contributed by atoms with van der Waals surface area (Å²) in [6, 6.07) is 0. The van der Waals surface area contributed by atoms with Crippen molar-refractivity contribution in [3.8, 4) is 0 Å². The molecule has 13 heavy (non-hydrogen) atoms. The monoisotopic (exact) mass is 264 g/mol. The molecule has 0 bridgehead atoms. The second-order valence-corrected chi connectivity index (χ2v) is 2.35. The minimum Gasteiger partial charge on any atom is -0.419 e. The predicted octanol–water partition coefficient (Wildman–Crippen LogP) is 2.77. The van der Waals surface area contributed by atoms with E-state index in [1.165, 1.54) is 6.08 Å². The van der Waals surface area contributed by atoms with Crippen molar-refractivity contribution in [2.75, 3.05) is 0 Å². The number of hydrogen-bond donors (Lipinski definition) is 0. The third-order valence-corrected chi connectivity index (χ3v) is 1.53. The molecule has 1 aliphatic carbocycles. The van der Waals surface area contributed by atoms with E-state index in [4.69, 9.17) is 0 Å². The molecule has 2 heteroatoms. The van der Waals surface area contributed by atoms with Crippen LogP contribution in [0.5, 0.6) is 0 Å². The Hall–Kier alpha value is -0.617. The molecule has 0 saturated carbocycles. The van der Waals surface area contributed by atoms with E-state index in [0.29, 0.717) is 0 Å². The van der Waals surface area contributed by atoms with Gasteiger partial charge in [0.2, 0.25) is 0 Å². The van der Waals surface area contributed by atoms with Gasteiger partial charge < -0.3 is 4.79 Å². The Kier molecular flexibility index (Phi) is 10.8. The fourth-order valence-electron chi connectivity index (χ4n) is 0.989. The molecule has 0 aliphatic heterocycles. The molecule has 0 saturated heterocycles. The van der Waals surface area contributed by atoms with Crippen LogP contribution in [0, 0.1) is 6.92 Å². The Bertz CT molecular complexity index is 214. The first-order valence-electron chi connectivity index (χ1n) is 3.97. The van der Waals surface area contributed by atoms with E-state index in [-0.39, 0.29) is 19.5 Å². The maximum Gasteiger partial charge on any atom is 2.00 e. The first-order chi connectivity index (χ1) is 5.79. The van der Waals surface area contributed by atoms with Crippen LogP contribution in [0.2, 0.25) is 0 Å². The molecule has 0 spiro atoms. The summed E-state index contributed by atoms with van der Waals surface area (Å²) in [6.45, 7) is 8.54. The van der Waals surface area contributed by atoms with Gasteiger partial charge in [0.1, 0.15) is 0 Å². The van der Waals surface area contributed by atoms with Crippen LogP contribution >= 0.6 is 0 Å². The van der Waals surface area contributed by atoms with E-state index >= 15 is 0 Å². The quantitative estimate of drug-likeness (QED) is 0.553. The zero-order valence-corrected chi connectivity index (χ0v) is 9.56. The van der Waals surface area contributed by atoms with Gasteiger partial charge in [-0.25, -0.2) is 19.6 Å². The molecular formula is C11H14ORu. The molecule has 1 aliphatic rings. The van der Waals surface area contributed by atoms with E-state index < -0.39 is 0 Å². The smallest absolute Gasteiger partial charge is 0.419 e. The van der Waals surface area contributed by atoms with E-state index in [0.717, 1.165) is 24.0 Å². The van der Waals surface area contributed by atoms with Crippen LogP contribution < -0.4 is 0 Å². The fraction of sp³-hybridized carbons (Fsp3) is 0.273. The van der Waals surface area contributed by atoms with Gasteiger partial charge in [0, 0.05) is 0 Å². The number of carbonyl (C=O) groups excluding carboxylic acids is 1. The van der Waals surface area contributed by atoms with Crippen molar-refractivity contribution in [1.29, 1.82) is 0 Å². The molecular weight excluding hydrogens is 249 g/mol. The molecule has 0 atom stereocenters. The molecule has 0 N–H and O–H groups in total. The predicted molar refractivity (Wildman–Crippen MR) is 52.3 cm³/mol. The van der Waals surface area contributed by atoms with Crippen LogP contribution in [0.3, 0.4) is 0 Å². The van der Waals surface area contributed by atoms with Crippen molar-refractivity contribution >= 4 is 6.29 Å². The van der Waals surface area contributed by atoms with Crippen LogP contribution in [0.1, 0.15) is 19.8 Å². The van der Waals surface area contributed by atoms with E-state index in [1.807, 2.05) is 25.4 Å². The van der Waals surface area contributed by atoms with Crippen LogP contribution in [-0.4, -0.2) is 6.29 Å². The van der Waals surface area contributed by atoms with Crippen molar-refractivity contribution in [2.24, 2.45) is 0 Å². The van der Waals surface area contributed by atoms with Crippen LogP contribution in [0.4, 0.5) is 0 Å². The molecule has 0 heterocycles. The zero-order valence-electron chi connectivity index (χ0n) is 7.82. The second kappa shape index (κ2) is 9.47. The largest absolute Gasteiger partial charge is 2.00 e. The fourth-order valence-corrected chi connectivity index (χ4v) is 0.989. The van der Waals surface area contributed by atoms with Gasteiger partial charge >= 0.3 is 19.5 Å². The Labute approximate surface area is 93.4 Å². The summed E-state index contributed by atoms with van der Waals surface area (Å²) in [7, 11) is 0. The van der Waals surface area contributed by atoms with Gasteiger partial charge in [-0.2, -0.15) is 11.1 Å². The summed E-state index contributed by atoms with van der Waals surface area (Å²) in [6.07, 6.45) is 9.16. The summed E-state index contributed by atoms with van der Waals surface area (Å²) in [4.78, 5) is 10.2. The summed E-state index contributed by atoms with van der Waals surface area (Å²) in [5, 5.41) is 0. The maximum atomic E-state index is 10.2. The van der Waals surface area contributed by atoms with Gasteiger partial charge in [-0.05, 0) is 12.7 Å². The van der Waals surface area contributed by atoms with Crippen LogP contribution in [-0.2, 0) is 24.3 Å². The second-order valence-electron chi connectivity index (χ2n) is 2.35. The van der Waals surface area contributed by atoms with Gasteiger partial charge in [-0.1, -0.05) is 13.3 Å². The topological polar surface area (TPSA) is 17.1 Å². The van der Waals surface area contributed by atoms with Crippen LogP contribution in [0.25, 0.3) is 0 Å². The Morgan fingerprint density at radius 1 is 1.77 bits per heavy atom. The summed E-state index contributed by atoms with van der Waals surface area (Å²) in [5.74, 6) is 0. The molecule has 72 valence electrons. The van der Waals surface area contributed by atoms with Crippen molar-refractivity contribution in [1.82, 2.24) is 0 Å². The third-order valence-electron chi connectivity index (χ3n) is 1.53. The Morgan fingerprint density at radius 2 is 2.31 bits per heavy atom. The maximum absolute atomic E-state index is 10.2. The number of hydrogen-bond acceptors (Lipinski definition) is 1. The summed E-state index contributed by atoms with van der Waals surface area (Å²) >= 11 is 0. The van der Waals surface area contributed by atoms with Gasteiger partial charge in [-0.15, -0.1) is 12.2 Å². The molecule has 0 fully saturated rings. The molecule has 0 aromatic heterocycles. The Morgan fingerprint density at radius 3 is 2.62 bits per heavy atom. The molecule has 0 amide bonds. The van der Waals surface area contributed by atoms with Crippen LogP contribution in [0.15, 0.2) is 36.0 Å². The van der Waals surface area contributed by atoms with Crippen molar-refractivity contribution in [3.05, 3.63) is 42.9 Å². The Balaban J connectivity index is 0. The molecule has 1 rings (SSSR count). The zero-order chi connectivity index (χ0) is 9.40. The number of rotatable bonds is 2. The van der Waals surface area contributed by atoms with E-state index in [1.54, 1.807) is 0 Å². The van der Waals surface area contributed by atoms with E-state index in [9.17, 15) is 4.79 Å².